The molecule has 1 aliphatic heterocycles. The van der Waals surface area contributed by atoms with Crippen molar-refractivity contribution in [3.8, 4) is 0 Å². The van der Waals surface area contributed by atoms with Crippen molar-refractivity contribution < 1.29 is 14.7 Å². The molecule has 0 aromatic carbocycles. The third-order valence-electron chi connectivity index (χ3n) is 3.23. The number of hydrogen-bond donors (Lipinski definition) is 2. The van der Waals surface area contributed by atoms with Crippen LogP contribution in [0.2, 0.25) is 0 Å². The summed E-state index contributed by atoms with van der Waals surface area (Å²) in [4.78, 5) is 24.3. The molecule has 0 spiro atoms. The van der Waals surface area contributed by atoms with Crippen LogP contribution < -0.4 is 5.32 Å². The van der Waals surface area contributed by atoms with E-state index in [2.05, 4.69) is 10.2 Å². The van der Waals surface area contributed by atoms with Gasteiger partial charge in [-0.05, 0) is 26.3 Å². The van der Waals surface area contributed by atoms with Crippen LogP contribution in [-0.4, -0.2) is 48.6 Å². The number of carboxylic acid groups (broad SMARTS) is 1. The van der Waals surface area contributed by atoms with Crippen molar-refractivity contribution in [3.05, 3.63) is 0 Å². The number of rotatable bonds is 4. The summed E-state index contributed by atoms with van der Waals surface area (Å²) in [7, 11) is 1.61. The second-order valence-corrected chi connectivity index (χ2v) is 4.67. The molecule has 5 nitrogen and oxygen atoms in total. The summed E-state index contributed by atoms with van der Waals surface area (Å²) >= 11 is 0. The van der Waals surface area contributed by atoms with Gasteiger partial charge in [0.1, 0.15) is 0 Å². The summed E-state index contributed by atoms with van der Waals surface area (Å²) in [5.41, 5.74) is -0.652. The largest absolute Gasteiger partial charge is 0.481 e. The minimum absolute atomic E-state index is 0.00241. The summed E-state index contributed by atoms with van der Waals surface area (Å²) < 4.78 is 0. The summed E-state index contributed by atoms with van der Waals surface area (Å²) in [5, 5.41) is 11.7. The number of piperidine rings is 1. The second kappa shape index (κ2) is 5.30. The Morgan fingerprint density at radius 3 is 2.75 bits per heavy atom. The molecule has 1 saturated heterocycles. The molecule has 0 bridgehead atoms. The van der Waals surface area contributed by atoms with E-state index < -0.39 is 11.4 Å². The smallest absolute Gasteiger partial charge is 0.310 e. The highest BCUT2D eigenvalue weighted by Crippen LogP contribution is 2.29. The highest BCUT2D eigenvalue weighted by molar-refractivity contribution is 5.76. The Balaban J connectivity index is 2.45. The minimum atomic E-state index is -0.739. The molecule has 0 aromatic heterocycles. The van der Waals surface area contributed by atoms with E-state index in [1.54, 1.807) is 14.0 Å². The van der Waals surface area contributed by atoms with Gasteiger partial charge in [0.15, 0.2) is 0 Å². The van der Waals surface area contributed by atoms with Crippen molar-refractivity contribution in [2.75, 3.05) is 26.7 Å². The van der Waals surface area contributed by atoms with Gasteiger partial charge in [0, 0.05) is 26.6 Å². The lowest BCUT2D eigenvalue weighted by molar-refractivity contribution is -0.151. The summed E-state index contributed by atoms with van der Waals surface area (Å²) in [6, 6.07) is 0. The molecule has 0 radical (unpaired) electrons. The average Bonchev–Trinajstić information content (AvgIpc) is 2.26. The standard InChI is InChI=1S/C11H20N2O3/c1-11(10(15)16)5-3-6-13(8-11)7-4-9(14)12-2/h3-8H2,1-2H3,(H,12,14)(H,15,16). The number of carboxylic acids is 1. The normalized spacial score (nSPS) is 26.4. The molecule has 0 aliphatic carbocycles. The summed E-state index contributed by atoms with van der Waals surface area (Å²) in [6.45, 7) is 3.85. The monoisotopic (exact) mass is 228 g/mol. The van der Waals surface area contributed by atoms with Gasteiger partial charge >= 0.3 is 5.97 Å². The molecule has 16 heavy (non-hydrogen) atoms. The lowest BCUT2D eigenvalue weighted by atomic mass is 9.82. The Bertz CT molecular complexity index is 280. The van der Waals surface area contributed by atoms with Crippen LogP contribution in [0, 0.1) is 5.41 Å². The number of likely N-dealkylation sites (tertiary alicyclic amines) is 1. The molecule has 1 fully saturated rings. The van der Waals surface area contributed by atoms with Gasteiger partial charge in [-0.1, -0.05) is 0 Å². The second-order valence-electron chi connectivity index (χ2n) is 4.67. The van der Waals surface area contributed by atoms with Gasteiger partial charge in [-0.25, -0.2) is 0 Å². The summed E-state index contributed by atoms with van der Waals surface area (Å²) in [5.74, 6) is -0.736. The van der Waals surface area contributed by atoms with E-state index in [0.717, 1.165) is 19.4 Å². The maximum absolute atomic E-state index is 11.1. The van der Waals surface area contributed by atoms with Crippen LogP contribution in [0.4, 0.5) is 0 Å². The molecular weight excluding hydrogens is 208 g/mol. The van der Waals surface area contributed by atoms with E-state index in [1.165, 1.54) is 0 Å². The van der Waals surface area contributed by atoms with Crippen LogP contribution in [0.25, 0.3) is 0 Å². The molecule has 5 heteroatoms. The molecule has 1 atom stereocenters. The predicted octanol–water partition coefficient (Wildman–Crippen LogP) is 0.309. The molecule has 0 aromatic rings. The average molecular weight is 228 g/mol. The lowest BCUT2D eigenvalue weighted by Gasteiger charge is -2.37. The van der Waals surface area contributed by atoms with Crippen molar-refractivity contribution in [1.82, 2.24) is 10.2 Å². The Morgan fingerprint density at radius 1 is 1.50 bits per heavy atom. The molecule has 2 N–H and O–H groups in total. The van der Waals surface area contributed by atoms with Crippen molar-refractivity contribution in [2.24, 2.45) is 5.41 Å². The molecule has 1 rings (SSSR count). The van der Waals surface area contributed by atoms with Crippen LogP contribution in [0.15, 0.2) is 0 Å². The third kappa shape index (κ3) is 3.20. The first-order chi connectivity index (χ1) is 7.48. The Kier molecular flexibility index (Phi) is 4.29. The van der Waals surface area contributed by atoms with Gasteiger partial charge in [0.25, 0.3) is 0 Å². The van der Waals surface area contributed by atoms with Gasteiger partial charge < -0.3 is 15.3 Å². The quantitative estimate of drug-likeness (QED) is 0.726. The van der Waals surface area contributed by atoms with Crippen molar-refractivity contribution >= 4 is 11.9 Å². The Morgan fingerprint density at radius 2 is 2.19 bits per heavy atom. The van der Waals surface area contributed by atoms with Gasteiger partial charge in [-0.3, -0.25) is 9.59 Å². The van der Waals surface area contributed by atoms with Crippen molar-refractivity contribution in [1.29, 1.82) is 0 Å². The number of aliphatic carboxylic acids is 1. The van der Waals surface area contributed by atoms with Crippen molar-refractivity contribution in [3.63, 3.8) is 0 Å². The number of nitrogens with zero attached hydrogens (tertiary/aromatic N) is 1. The predicted molar refractivity (Wildman–Crippen MR) is 60.1 cm³/mol. The van der Waals surface area contributed by atoms with Crippen LogP contribution in [0.1, 0.15) is 26.2 Å². The van der Waals surface area contributed by atoms with E-state index in [4.69, 9.17) is 5.11 Å². The van der Waals surface area contributed by atoms with Crippen LogP contribution >= 0.6 is 0 Å². The Labute approximate surface area is 95.8 Å². The van der Waals surface area contributed by atoms with Gasteiger partial charge in [-0.2, -0.15) is 0 Å². The van der Waals surface area contributed by atoms with Crippen LogP contribution in [-0.2, 0) is 9.59 Å². The molecule has 1 heterocycles. The van der Waals surface area contributed by atoms with Gasteiger partial charge in [0.05, 0.1) is 5.41 Å². The van der Waals surface area contributed by atoms with E-state index in [0.29, 0.717) is 19.5 Å². The SMILES string of the molecule is CNC(=O)CCN1CCCC(C)(C(=O)O)C1. The Hall–Kier alpha value is -1.10. The zero-order valence-corrected chi connectivity index (χ0v) is 9.95. The molecule has 1 unspecified atom stereocenters. The maximum Gasteiger partial charge on any atom is 0.310 e. The van der Waals surface area contributed by atoms with Crippen LogP contribution in [0.5, 0.6) is 0 Å². The zero-order chi connectivity index (χ0) is 12.2. The molecule has 1 aliphatic rings. The fourth-order valence-corrected chi connectivity index (χ4v) is 2.09. The highest BCUT2D eigenvalue weighted by atomic mass is 16.4. The first-order valence-corrected chi connectivity index (χ1v) is 5.64. The number of nitrogens with one attached hydrogen (secondary N) is 1. The third-order valence-corrected chi connectivity index (χ3v) is 3.23. The van der Waals surface area contributed by atoms with E-state index in [1.807, 2.05) is 0 Å². The lowest BCUT2D eigenvalue weighted by Crippen LogP contribution is -2.46. The molecule has 0 saturated carbocycles. The highest BCUT2D eigenvalue weighted by Gasteiger charge is 2.37. The first-order valence-electron chi connectivity index (χ1n) is 5.64. The number of carbonyl (C=O) groups is 2. The van der Waals surface area contributed by atoms with E-state index >= 15 is 0 Å². The topological polar surface area (TPSA) is 69.6 Å². The maximum atomic E-state index is 11.1. The fourth-order valence-electron chi connectivity index (χ4n) is 2.09. The first kappa shape index (κ1) is 13.0. The van der Waals surface area contributed by atoms with E-state index in [9.17, 15) is 9.59 Å². The minimum Gasteiger partial charge on any atom is -0.481 e. The fraction of sp³-hybridized carbons (Fsp3) is 0.818. The van der Waals surface area contributed by atoms with Gasteiger partial charge in [0.2, 0.25) is 5.91 Å². The zero-order valence-electron chi connectivity index (χ0n) is 9.95. The van der Waals surface area contributed by atoms with E-state index in [-0.39, 0.29) is 5.91 Å². The van der Waals surface area contributed by atoms with Gasteiger partial charge in [-0.15, -0.1) is 0 Å². The number of carbonyl (C=O) groups excluding carboxylic acids is 1. The number of amides is 1. The molecule has 1 amide bonds. The molecule has 92 valence electrons. The molecular formula is C11H20N2O3. The summed E-state index contributed by atoms with van der Waals surface area (Å²) in [6.07, 6.45) is 2.04. The van der Waals surface area contributed by atoms with Crippen molar-refractivity contribution in [2.45, 2.75) is 26.2 Å². The van der Waals surface area contributed by atoms with Crippen LogP contribution in [0.3, 0.4) is 0 Å². The number of hydrogen-bond acceptors (Lipinski definition) is 3.